The van der Waals surface area contributed by atoms with Crippen molar-refractivity contribution in [3.8, 4) is 0 Å². The molecule has 2 aromatic rings. The number of benzene rings is 1. The minimum absolute atomic E-state index is 0.124. The van der Waals surface area contributed by atoms with E-state index in [2.05, 4.69) is 41.3 Å². The Hall–Kier alpha value is -1.68. The van der Waals surface area contributed by atoms with E-state index in [1.54, 1.807) is 6.33 Å². The molecule has 0 saturated heterocycles. The Morgan fingerprint density at radius 1 is 1.40 bits per heavy atom. The van der Waals surface area contributed by atoms with E-state index in [1.807, 2.05) is 4.68 Å². The summed E-state index contributed by atoms with van der Waals surface area (Å²) >= 11 is 0. The molecule has 20 heavy (non-hydrogen) atoms. The normalized spacial score (nSPS) is 19.0. The fourth-order valence-electron chi connectivity index (χ4n) is 3.23. The van der Waals surface area contributed by atoms with Crippen LogP contribution < -0.4 is 5.73 Å². The SMILES string of the molecule is CCCn1ncnc1CC(N)C1CCc2ccccc21. The Bertz CT molecular complexity index is 575. The maximum Gasteiger partial charge on any atom is 0.138 e. The van der Waals surface area contributed by atoms with Crippen molar-refractivity contribution in [2.45, 2.75) is 51.1 Å². The number of fused-ring (bicyclic) bond motifs is 1. The van der Waals surface area contributed by atoms with Crippen LogP contribution in [0.5, 0.6) is 0 Å². The van der Waals surface area contributed by atoms with Gasteiger partial charge < -0.3 is 5.73 Å². The summed E-state index contributed by atoms with van der Waals surface area (Å²) in [4.78, 5) is 4.37. The van der Waals surface area contributed by atoms with Crippen LogP contribution in [0.25, 0.3) is 0 Å². The first-order chi connectivity index (χ1) is 9.79. The summed E-state index contributed by atoms with van der Waals surface area (Å²) in [6, 6.07) is 8.80. The fourth-order valence-corrected chi connectivity index (χ4v) is 3.23. The number of aromatic nitrogens is 3. The number of nitrogens with two attached hydrogens (primary N) is 1. The maximum atomic E-state index is 6.47. The number of hydrogen-bond donors (Lipinski definition) is 1. The zero-order chi connectivity index (χ0) is 13.9. The molecule has 1 aromatic carbocycles. The van der Waals surface area contributed by atoms with Gasteiger partial charge in [0.05, 0.1) is 0 Å². The Morgan fingerprint density at radius 3 is 3.10 bits per heavy atom. The van der Waals surface area contributed by atoms with Crippen LogP contribution in [0.15, 0.2) is 30.6 Å². The van der Waals surface area contributed by atoms with Gasteiger partial charge in [-0.3, -0.25) is 4.68 Å². The van der Waals surface area contributed by atoms with Gasteiger partial charge in [-0.05, 0) is 30.4 Å². The van der Waals surface area contributed by atoms with Crippen LogP contribution in [-0.2, 0) is 19.4 Å². The lowest BCUT2D eigenvalue weighted by Gasteiger charge is -2.20. The summed E-state index contributed by atoms with van der Waals surface area (Å²) in [5.74, 6) is 1.47. The van der Waals surface area contributed by atoms with Crippen LogP contribution in [0.2, 0.25) is 0 Å². The Morgan fingerprint density at radius 2 is 2.25 bits per heavy atom. The summed E-state index contributed by atoms with van der Waals surface area (Å²) in [6.07, 6.45) is 5.82. The smallest absolute Gasteiger partial charge is 0.138 e. The highest BCUT2D eigenvalue weighted by atomic mass is 15.3. The molecule has 4 heteroatoms. The van der Waals surface area contributed by atoms with Gasteiger partial charge in [0, 0.05) is 24.9 Å². The summed E-state index contributed by atoms with van der Waals surface area (Å²) < 4.78 is 1.99. The van der Waals surface area contributed by atoms with E-state index in [9.17, 15) is 0 Å². The fraction of sp³-hybridized carbons (Fsp3) is 0.500. The molecule has 0 radical (unpaired) electrons. The van der Waals surface area contributed by atoms with Gasteiger partial charge in [-0.1, -0.05) is 31.2 Å². The van der Waals surface area contributed by atoms with E-state index in [1.165, 1.54) is 11.1 Å². The molecule has 1 aliphatic rings. The third-order valence-electron chi connectivity index (χ3n) is 4.25. The van der Waals surface area contributed by atoms with Crippen LogP contribution >= 0.6 is 0 Å². The van der Waals surface area contributed by atoms with Crippen LogP contribution in [-0.4, -0.2) is 20.8 Å². The standard InChI is InChI=1S/C16H22N4/c1-2-9-20-16(18-11-19-20)10-15(17)14-8-7-12-5-3-4-6-13(12)14/h3-6,11,14-15H,2,7-10,17H2,1H3. The number of hydrogen-bond acceptors (Lipinski definition) is 3. The minimum atomic E-state index is 0.124. The van der Waals surface area contributed by atoms with Crippen molar-refractivity contribution in [3.05, 3.63) is 47.5 Å². The molecule has 1 aromatic heterocycles. The minimum Gasteiger partial charge on any atom is -0.327 e. The molecule has 106 valence electrons. The molecular weight excluding hydrogens is 248 g/mol. The molecule has 1 heterocycles. The van der Waals surface area contributed by atoms with Gasteiger partial charge in [0.2, 0.25) is 0 Å². The van der Waals surface area contributed by atoms with Crippen molar-refractivity contribution in [1.82, 2.24) is 14.8 Å². The van der Waals surface area contributed by atoms with Crippen molar-refractivity contribution < 1.29 is 0 Å². The van der Waals surface area contributed by atoms with Gasteiger partial charge in [0.1, 0.15) is 12.2 Å². The molecular formula is C16H22N4. The Labute approximate surface area is 120 Å². The second-order valence-corrected chi connectivity index (χ2v) is 5.61. The Kier molecular flexibility index (Phi) is 3.83. The summed E-state index contributed by atoms with van der Waals surface area (Å²) in [5, 5.41) is 4.28. The Balaban J connectivity index is 1.74. The van der Waals surface area contributed by atoms with Gasteiger partial charge in [-0.2, -0.15) is 5.10 Å². The molecule has 2 unspecified atom stereocenters. The van der Waals surface area contributed by atoms with Crippen LogP contribution in [0, 0.1) is 0 Å². The summed E-state index contributed by atoms with van der Waals surface area (Å²) in [6.45, 7) is 3.07. The number of aryl methyl sites for hydroxylation is 2. The highest BCUT2D eigenvalue weighted by Crippen LogP contribution is 2.35. The first-order valence-electron chi connectivity index (χ1n) is 7.49. The number of nitrogens with zero attached hydrogens (tertiary/aromatic N) is 3. The van der Waals surface area contributed by atoms with Gasteiger partial charge >= 0.3 is 0 Å². The van der Waals surface area contributed by atoms with E-state index < -0.39 is 0 Å². The average molecular weight is 270 g/mol. The van der Waals surface area contributed by atoms with Gasteiger partial charge in [0.15, 0.2) is 0 Å². The van der Waals surface area contributed by atoms with Gasteiger partial charge in [0.25, 0.3) is 0 Å². The summed E-state index contributed by atoms with van der Waals surface area (Å²) in [7, 11) is 0. The third kappa shape index (κ3) is 2.48. The lowest BCUT2D eigenvalue weighted by atomic mass is 9.91. The van der Waals surface area contributed by atoms with Crippen molar-refractivity contribution in [3.63, 3.8) is 0 Å². The van der Waals surface area contributed by atoms with Crippen molar-refractivity contribution in [2.24, 2.45) is 5.73 Å². The molecule has 3 rings (SSSR count). The van der Waals surface area contributed by atoms with E-state index in [0.29, 0.717) is 5.92 Å². The van der Waals surface area contributed by atoms with E-state index in [4.69, 9.17) is 5.73 Å². The average Bonchev–Trinajstić information content (AvgIpc) is 3.06. The predicted molar refractivity (Wildman–Crippen MR) is 79.5 cm³/mol. The second kappa shape index (κ2) is 5.75. The monoisotopic (exact) mass is 270 g/mol. The third-order valence-corrected chi connectivity index (χ3v) is 4.25. The van der Waals surface area contributed by atoms with Crippen molar-refractivity contribution in [2.75, 3.05) is 0 Å². The van der Waals surface area contributed by atoms with Crippen LogP contribution in [0.4, 0.5) is 0 Å². The molecule has 0 bridgehead atoms. The molecule has 0 aliphatic heterocycles. The molecule has 0 fully saturated rings. The molecule has 1 aliphatic carbocycles. The van der Waals surface area contributed by atoms with Crippen molar-refractivity contribution >= 4 is 0 Å². The van der Waals surface area contributed by atoms with Crippen LogP contribution in [0.3, 0.4) is 0 Å². The molecule has 0 amide bonds. The first kappa shape index (κ1) is 13.3. The maximum absolute atomic E-state index is 6.47. The molecule has 0 saturated carbocycles. The molecule has 2 N–H and O–H groups in total. The quantitative estimate of drug-likeness (QED) is 0.907. The highest BCUT2D eigenvalue weighted by molar-refractivity contribution is 5.36. The highest BCUT2D eigenvalue weighted by Gasteiger charge is 2.28. The summed E-state index contributed by atoms with van der Waals surface area (Å²) in [5.41, 5.74) is 9.36. The van der Waals surface area contributed by atoms with Gasteiger partial charge in [-0.25, -0.2) is 4.98 Å². The molecule has 4 nitrogen and oxygen atoms in total. The lowest BCUT2D eigenvalue weighted by molar-refractivity contribution is 0.487. The topological polar surface area (TPSA) is 56.7 Å². The zero-order valence-corrected chi connectivity index (χ0v) is 12.0. The first-order valence-corrected chi connectivity index (χ1v) is 7.49. The lowest BCUT2D eigenvalue weighted by Crippen LogP contribution is -2.31. The van der Waals surface area contributed by atoms with E-state index in [-0.39, 0.29) is 6.04 Å². The zero-order valence-electron chi connectivity index (χ0n) is 12.0. The van der Waals surface area contributed by atoms with Crippen molar-refractivity contribution in [1.29, 1.82) is 0 Å². The van der Waals surface area contributed by atoms with Gasteiger partial charge in [-0.15, -0.1) is 0 Å². The molecule has 0 spiro atoms. The predicted octanol–water partition coefficient (Wildman–Crippen LogP) is 2.29. The van der Waals surface area contributed by atoms with E-state index in [0.717, 1.165) is 38.1 Å². The molecule has 2 atom stereocenters. The van der Waals surface area contributed by atoms with Crippen LogP contribution in [0.1, 0.15) is 42.6 Å². The largest absolute Gasteiger partial charge is 0.327 e. The second-order valence-electron chi connectivity index (χ2n) is 5.61. The van der Waals surface area contributed by atoms with E-state index >= 15 is 0 Å². The number of rotatable bonds is 5.